The summed E-state index contributed by atoms with van der Waals surface area (Å²) in [6, 6.07) is 21.4. The van der Waals surface area contributed by atoms with Crippen LogP contribution in [0.3, 0.4) is 0 Å². The quantitative estimate of drug-likeness (QED) is 0.141. The molecule has 0 N–H and O–H groups in total. The topological polar surface area (TPSA) is 117 Å². The molecule has 0 amide bonds. The maximum atomic E-state index is 12.7. The molecule has 0 atom stereocenters. The molecule has 3 rings (SSSR count). The number of rotatable bonds is 7. The van der Waals surface area contributed by atoms with E-state index < -0.39 is 10.7 Å². The van der Waals surface area contributed by atoms with Crippen LogP contribution in [0.15, 0.2) is 76.8 Å². The molecule has 156 valence electrons. The lowest BCUT2D eigenvalue weighted by Gasteiger charge is -2.10. The highest BCUT2D eigenvalue weighted by atomic mass is 79.9. The zero-order chi connectivity index (χ0) is 23.1. The van der Waals surface area contributed by atoms with Crippen LogP contribution in [-0.4, -0.2) is 10.7 Å². The van der Waals surface area contributed by atoms with Gasteiger partial charge in [-0.15, -0.1) is 0 Å². The van der Waals surface area contributed by atoms with Crippen molar-refractivity contribution in [1.82, 2.24) is 0 Å². The molecule has 3 aromatic rings. The van der Waals surface area contributed by atoms with Crippen molar-refractivity contribution >= 4 is 33.5 Å². The Kier molecular flexibility index (Phi) is 7.12. The Morgan fingerprint density at radius 2 is 1.88 bits per heavy atom. The van der Waals surface area contributed by atoms with Crippen LogP contribution in [0.1, 0.15) is 27.0 Å². The molecule has 8 heteroatoms. The maximum absolute atomic E-state index is 12.7. The van der Waals surface area contributed by atoms with Crippen molar-refractivity contribution < 1.29 is 14.5 Å². The van der Waals surface area contributed by atoms with Gasteiger partial charge in [0.15, 0.2) is 0 Å². The van der Waals surface area contributed by atoms with Gasteiger partial charge in [-0.05, 0) is 45.8 Å². The Morgan fingerprint density at radius 1 is 1.09 bits per heavy atom. The molecular formula is C24H14BrN3O4. The van der Waals surface area contributed by atoms with Crippen LogP contribution in [0.4, 0.5) is 5.69 Å². The van der Waals surface area contributed by atoms with Gasteiger partial charge in [0.1, 0.15) is 24.0 Å². The molecule has 0 radical (unpaired) electrons. The average Bonchev–Trinajstić information content (AvgIpc) is 2.81. The number of Topliss-reactive ketones (excluding diaryl/α,β-unsaturated/α-hetero) is 1. The third-order valence-corrected chi connectivity index (χ3v) is 5.09. The van der Waals surface area contributed by atoms with E-state index in [1.807, 2.05) is 18.2 Å². The predicted molar refractivity (Wildman–Crippen MR) is 121 cm³/mol. The Labute approximate surface area is 192 Å². The number of hydrogen-bond acceptors (Lipinski definition) is 6. The van der Waals surface area contributed by atoms with E-state index in [4.69, 9.17) is 4.74 Å². The molecule has 0 heterocycles. The van der Waals surface area contributed by atoms with Crippen LogP contribution in [0, 0.1) is 32.8 Å². The zero-order valence-electron chi connectivity index (χ0n) is 16.5. The van der Waals surface area contributed by atoms with E-state index in [2.05, 4.69) is 22.0 Å². The molecule has 0 aliphatic heterocycles. The number of carbonyl (C=O) groups is 1. The first kappa shape index (κ1) is 22.4. The van der Waals surface area contributed by atoms with E-state index in [1.54, 1.807) is 30.3 Å². The molecule has 0 spiro atoms. The summed E-state index contributed by atoms with van der Waals surface area (Å²) in [6.07, 6.45) is 1.40. The highest BCUT2D eigenvalue weighted by molar-refractivity contribution is 9.10. The van der Waals surface area contributed by atoms with Gasteiger partial charge in [0.05, 0.1) is 21.0 Å². The van der Waals surface area contributed by atoms with E-state index in [1.165, 1.54) is 24.3 Å². The third-order valence-electron chi connectivity index (χ3n) is 4.47. The van der Waals surface area contributed by atoms with Crippen molar-refractivity contribution in [2.45, 2.75) is 6.61 Å². The van der Waals surface area contributed by atoms with Gasteiger partial charge in [-0.2, -0.15) is 10.5 Å². The normalized spacial score (nSPS) is 10.7. The van der Waals surface area contributed by atoms with E-state index >= 15 is 0 Å². The summed E-state index contributed by atoms with van der Waals surface area (Å²) in [6.45, 7) is 0.201. The largest absolute Gasteiger partial charge is 0.488 e. The van der Waals surface area contributed by atoms with Gasteiger partial charge in [-0.1, -0.05) is 36.4 Å². The standard InChI is InChI=1S/C24H14BrN3O4/c25-22-11-16(8-9-23(22)32-15-19-5-2-1-4-18(19)13-26)10-20(14-27)24(29)17-6-3-7-21(12-17)28(30)31/h1-12H,15H2/b20-10+. The van der Waals surface area contributed by atoms with Crippen molar-refractivity contribution in [3.8, 4) is 17.9 Å². The average molecular weight is 488 g/mol. The number of ketones is 1. The molecule has 0 fully saturated rings. The number of hydrogen-bond donors (Lipinski definition) is 0. The monoisotopic (exact) mass is 487 g/mol. The summed E-state index contributed by atoms with van der Waals surface area (Å²) in [4.78, 5) is 23.0. The first-order chi connectivity index (χ1) is 15.4. The van der Waals surface area contributed by atoms with Crippen molar-refractivity contribution in [3.63, 3.8) is 0 Å². The molecule has 0 aliphatic rings. The number of halogens is 1. The number of nitriles is 2. The van der Waals surface area contributed by atoms with Gasteiger partial charge in [0, 0.05) is 23.3 Å². The summed E-state index contributed by atoms with van der Waals surface area (Å²) >= 11 is 3.41. The van der Waals surface area contributed by atoms with Crippen LogP contribution >= 0.6 is 15.9 Å². The second-order valence-corrected chi connectivity index (χ2v) is 7.41. The van der Waals surface area contributed by atoms with Crippen molar-refractivity contribution in [1.29, 1.82) is 10.5 Å². The lowest BCUT2D eigenvalue weighted by atomic mass is 10.0. The van der Waals surface area contributed by atoms with Gasteiger partial charge < -0.3 is 4.74 Å². The van der Waals surface area contributed by atoms with Crippen LogP contribution in [0.2, 0.25) is 0 Å². The Bertz CT molecular complexity index is 1320. The predicted octanol–water partition coefficient (Wildman–Crippen LogP) is 5.60. The number of non-ortho nitro benzene ring substituents is 1. The first-order valence-corrected chi connectivity index (χ1v) is 10.0. The molecule has 0 unspecified atom stereocenters. The number of ether oxygens (including phenoxy) is 1. The number of nitrogens with zero attached hydrogens (tertiary/aromatic N) is 3. The molecule has 7 nitrogen and oxygen atoms in total. The smallest absolute Gasteiger partial charge is 0.270 e. The lowest BCUT2D eigenvalue weighted by molar-refractivity contribution is -0.384. The number of nitro groups is 1. The van der Waals surface area contributed by atoms with Crippen molar-refractivity contribution in [2.75, 3.05) is 0 Å². The molecule has 0 bridgehead atoms. The number of benzene rings is 3. The van der Waals surface area contributed by atoms with Gasteiger partial charge in [0.2, 0.25) is 5.78 Å². The second-order valence-electron chi connectivity index (χ2n) is 6.55. The fourth-order valence-corrected chi connectivity index (χ4v) is 3.38. The summed E-state index contributed by atoms with van der Waals surface area (Å²) < 4.78 is 6.39. The number of carbonyl (C=O) groups excluding carboxylic acids is 1. The zero-order valence-corrected chi connectivity index (χ0v) is 18.1. The summed E-state index contributed by atoms with van der Waals surface area (Å²) in [7, 11) is 0. The fourth-order valence-electron chi connectivity index (χ4n) is 2.87. The van der Waals surface area contributed by atoms with Crippen molar-refractivity contribution in [3.05, 3.63) is 109 Å². The minimum Gasteiger partial charge on any atom is -0.488 e. The maximum Gasteiger partial charge on any atom is 0.270 e. The Morgan fingerprint density at radius 3 is 2.56 bits per heavy atom. The lowest BCUT2D eigenvalue weighted by Crippen LogP contribution is -2.03. The van der Waals surface area contributed by atoms with E-state index in [-0.39, 0.29) is 23.4 Å². The second kappa shape index (κ2) is 10.2. The highest BCUT2D eigenvalue weighted by Gasteiger charge is 2.16. The van der Waals surface area contributed by atoms with Gasteiger partial charge in [-0.3, -0.25) is 14.9 Å². The summed E-state index contributed by atoms with van der Waals surface area (Å²) in [5, 5.41) is 29.6. The van der Waals surface area contributed by atoms with Crippen LogP contribution in [-0.2, 0) is 6.61 Å². The van der Waals surface area contributed by atoms with Gasteiger partial charge in [-0.25, -0.2) is 0 Å². The molecule has 0 aliphatic carbocycles. The van der Waals surface area contributed by atoms with E-state index in [0.29, 0.717) is 21.3 Å². The number of nitro benzene ring substituents is 1. The SMILES string of the molecule is N#C/C(=C\c1ccc(OCc2ccccc2C#N)c(Br)c1)C(=O)c1cccc([N+](=O)[O-])c1. The number of allylic oxidation sites excluding steroid dienone is 1. The van der Waals surface area contributed by atoms with Crippen LogP contribution in [0.5, 0.6) is 5.75 Å². The van der Waals surface area contributed by atoms with Gasteiger partial charge in [0.25, 0.3) is 5.69 Å². The first-order valence-electron chi connectivity index (χ1n) is 9.24. The van der Waals surface area contributed by atoms with E-state index in [0.717, 1.165) is 11.6 Å². The van der Waals surface area contributed by atoms with Gasteiger partial charge >= 0.3 is 0 Å². The molecule has 0 aromatic heterocycles. The van der Waals surface area contributed by atoms with E-state index in [9.17, 15) is 25.4 Å². The summed E-state index contributed by atoms with van der Waals surface area (Å²) in [5.74, 6) is -0.0841. The molecule has 32 heavy (non-hydrogen) atoms. The van der Waals surface area contributed by atoms with Crippen LogP contribution in [0.25, 0.3) is 6.08 Å². The summed E-state index contributed by atoms with van der Waals surface area (Å²) in [5.41, 5.74) is 1.52. The molecular weight excluding hydrogens is 474 g/mol. The highest BCUT2D eigenvalue weighted by Crippen LogP contribution is 2.28. The minimum atomic E-state index is -0.610. The minimum absolute atomic E-state index is 0.0576. The fraction of sp³-hybridized carbons (Fsp3) is 0.0417. The Hall–Kier alpha value is -4.27. The van der Waals surface area contributed by atoms with Crippen LogP contribution < -0.4 is 4.74 Å². The molecule has 0 saturated heterocycles. The molecule has 0 saturated carbocycles. The third kappa shape index (κ3) is 5.25. The van der Waals surface area contributed by atoms with Crippen molar-refractivity contribution in [2.24, 2.45) is 0 Å². The molecule has 3 aromatic carbocycles. The Balaban J connectivity index is 1.80.